The first kappa shape index (κ1) is 12.1. The predicted octanol–water partition coefficient (Wildman–Crippen LogP) is 1.56. The number of aromatic nitrogens is 4. The van der Waals surface area contributed by atoms with E-state index in [0.717, 1.165) is 12.2 Å². The van der Waals surface area contributed by atoms with Crippen LogP contribution in [0.2, 0.25) is 0 Å². The van der Waals surface area contributed by atoms with Gasteiger partial charge in [-0.1, -0.05) is 20.8 Å². The molecule has 0 saturated heterocycles. The van der Waals surface area contributed by atoms with Crippen molar-refractivity contribution in [2.45, 2.75) is 46.2 Å². The molecule has 1 aromatic rings. The maximum absolute atomic E-state index is 4.09. The molecule has 1 N–H and O–H groups in total. The van der Waals surface area contributed by atoms with Crippen LogP contribution >= 0.6 is 0 Å². The van der Waals surface area contributed by atoms with Crippen LogP contribution in [0.3, 0.4) is 0 Å². The summed E-state index contributed by atoms with van der Waals surface area (Å²) in [7, 11) is 1.92. The van der Waals surface area contributed by atoms with Crippen molar-refractivity contribution in [1.82, 2.24) is 25.5 Å². The molecule has 0 fully saturated rings. The van der Waals surface area contributed by atoms with E-state index in [4.69, 9.17) is 0 Å². The van der Waals surface area contributed by atoms with Gasteiger partial charge in [-0.2, -0.15) is 0 Å². The number of hydrogen-bond donors (Lipinski definition) is 1. The first-order valence-corrected chi connectivity index (χ1v) is 5.56. The van der Waals surface area contributed by atoms with Gasteiger partial charge < -0.3 is 5.32 Å². The van der Waals surface area contributed by atoms with Gasteiger partial charge >= 0.3 is 0 Å². The molecule has 5 nitrogen and oxygen atoms in total. The second-order valence-electron chi connectivity index (χ2n) is 4.21. The lowest BCUT2D eigenvalue weighted by Gasteiger charge is -2.21. The summed E-state index contributed by atoms with van der Waals surface area (Å²) in [5.74, 6) is 1.46. The maximum atomic E-state index is 4.09. The van der Waals surface area contributed by atoms with Crippen molar-refractivity contribution >= 4 is 0 Å². The second kappa shape index (κ2) is 5.21. The van der Waals surface area contributed by atoms with Crippen LogP contribution in [0.25, 0.3) is 0 Å². The zero-order chi connectivity index (χ0) is 11.4. The zero-order valence-electron chi connectivity index (χ0n) is 10.2. The Hall–Kier alpha value is -0.970. The lowest BCUT2D eigenvalue weighted by molar-refractivity contribution is 0.314. The van der Waals surface area contributed by atoms with Crippen LogP contribution < -0.4 is 5.32 Å². The quantitative estimate of drug-likeness (QED) is 0.803. The van der Waals surface area contributed by atoms with Gasteiger partial charge in [0.15, 0.2) is 5.82 Å². The summed E-state index contributed by atoms with van der Waals surface area (Å²) >= 11 is 0. The SMILES string of the molecule is CCC(C(C)C)n1nnnc1C(C)NC. The van der Waals surface area contributed by atoms with Gasteiger partial charge in [-0.25, -0.2) is 4.68 Å². The minimum absolute atomic E-state index is 0.188. The highest BCUT2D eigenvalue weighted by atomic mass is 15.6. The molecule has 2 unspecified atom stereocenters. The Bertz CT molecular complexity index is 294. The van der Waals surface area contributed by atoms with Gasteiger partial charge in [0.2, 0.25) is 0 Å². The highest BCUT2D eigenvalue weighted by molar-refractivity contribution is 4.91. The molecule has 1 heterocycles. The molecule has 1 aromatic heterocycles. The van der Waals surface area contributed by atoms with Crippen molar-refractivity contribution in [1.29, 1.82) is 0 Å². The van der Waals surface area contributed by atoms with Crippen molar-refractivity contribution in [3.63, 3.8) is 0 Å². The third-order valence-corrected chi connectivity index (χ3v) is 2.84. The third kappa shape index (κ3) is 2.53. The predicted molar refractivity (Wildman–Crippen MR) is 59.5 cm³/mol. The molecule has 0 spiro atoms. The number of hydrogen-bond acceptors (Lipinski definition) is 4. The van der Waals surface area contributed by atoms with Crippen LogP contribution in [0.15, 0.2) is 0 Å². The van der Waals surface area contributed by atoms with E-state index in [0.29, 0.717) is 12.0 Å². The summed E-state index contributed by atoms with van der Waals surface area (Å²) in [5, 5.41) is 15.1. The molecule has 0 aliphatic carbocycles. The third-order valence-electron chi connectivity index (χ3n) is 2.84. The number of tetrazole rings is 1. The fraction of sp³-hybridized carbons (Fsp3) is 0.900. The first-order chi connectivity index (χ1) is 7.11. The Balaban J connectivity index is 2.97. The number of nitrogens with zero attached hydrogens (tertiary/aromatic N) is 4. The van der Waals surface area contributed by atoms with Gasteiger partial charge in [0.05, 0.1) is 12.1 Å². The van der Waals surface area contributed by atoms with Crippen LogP contribution in [0.1, 0.15) is 52.0 Å². The molecular formula is C10H21N5. The van der Waals surface area contributed by atoms with Crippen LogP contribution in [-0.4, -0.2) is 27.3 Å². The Labute approximate surface area is 91.2 Å². The van der Waals surface area contributed by atoms with Crippen molar-refractivity contribution in [3.05, 3.63) is 5.82 Å². The monoisotopic (exact) mass is 211 g/mol. The van der Waals surface area contributed by atoms with Crippen LogP contribution in [0.5, 0.6) is 0 Å². The highest BCUT2D eigenvalue weighted by Crippen LogP contribution is 2.22. The summed E-state index contributed by atoms with van der Waals surface area (Å²) in [6, 6.07) is 0.568. The smallest absolute Gasteiger partial charge is 0.168 e. The largest absolute Gasteiger partial charge is 0.311 e. The minimum Gasteiger partial charge on any atom is -0.311 e. The van der Waals surface area contributed by atoms with Crippen LogP contribution in [0.4, 0.5) is 0 Å². The standard InChI is InChI=1S/C10H21N5/c1-6-9(7(2)3)15-10(8(4)11-5)12-13-14-15/h7-9,11H,6H2,1-5H3. The Morgan fingerprint density at radius 2 is 2.00 bits per heavy atom. The molecular weight excluding hydrogens is 190 g/mol. The molecule has 0 saturated carbocycles. The van der Waals surface area contributed by atoms with Crippen molar-refractivity contribution < 1.29 is 0 Å². The molecule has 1 rings (SSSR count). The molecule has 0 aliphatic heterocycles. The van der Waals surface area contributed by atoms with E-state index in [1.165, 1.54) is 0 Å². The summed E-state index contributed by atoms with van der Waals surface area (Å²) in [6.45, 7) is 8.63. The van der Waals surface area contributed by atoms with Gasteiger partial charge in [-0.3, -0.25) is 0 Å². The molecule has 0 aliphatic rings. The Kier molecular flexibility index (Phi) is 4.20. The van der Waals surface area contributed by atoms with Gasteiger partial charge in [-0.05, 0) is 36.7 Å². The zero-order valence-corrected chi connectivity index (χ0v) is 10.2. The van der Waals surface area contributed by atoms with Crippen LogP contribution in [0, 0.1) is 5.92 Å². The van der Waals surface area contributed by atoms with E-state index >= 15 is 0 Å². The topological polar surface area (TPSA) is 55.6 Å². The van der Waals surface area contributed by atoms with Gasteiger partial charge in [-0.15, -0.1) is 5.10 Å². The highest BCUT2D eigenvalue weighted by Gasteiger charge is 2.21. The minimum atomic E-state index is 0.188. The average molecular weight is 211 g/mol. The molecule has 2 atom stereocenters. The summed E-state index contributed by atoms with van der Waals surface area (Å²) in [4.78, 5) is 0. The van der Waals surface area contributed by atoms with E-state index in [9.17, 15) is 0 Å². The van der Waals surface area contributed by atoms with Gasteiger partial charge in [0, 0.05) is 0 Å². The molecule has 0 aromatic carbocycles. The Morgan fingerprint density at radius 3 is 2.47 bits per heavy atom. The van der Waals surface area contributed by atoms with E-state index in [2.05, 4.69) is 48.5 Å². The summed E-state index contributed by atoms with van der Waals surface area (Å²) < 4.78 is 1.95. The second-order valence-corrected chi connectivity index (χ2v) is 4.21. The average Bonchev–Trinajstić information content (AvgIpc) is 2.66. The fourth-order valence-electron chi connectivity index (χ4n) is 1.78. The maximum Gasteiger partial charge on any atom is 0.168 e. The molecule has 86 valence electrons. The Morgan fingerprint density at radius 1 is 1.33 bits per heavy atom. The lowest BCUT2D eigenvalue weighted by Crippen LogP contribution is -2.23. The van der Waals surface area contributed by atoms with E-state index < -0.39 is 0 Å². The van der Waals surface area contributed by atoms with Crippen molar-refractivity contribution in [3.8, 4) is 0 Å². The summed E-state index contributed by atoms with van der Waals surface area (Å²) in [5.41, 5.74) is 0. The molecule has 15 heavy (non-hydrogen) atoms. The first-order valence-electron chi connectivity index (χ1n) is 5.56. The normalized spacial score (nSPS) is 15.6. The molecule has 5 heteroatoms. The summed E-state index contributed by atoms with van der Waals surface area (Å²) in [6.07, 6.45) is 1.05. The van der Waals surface area contributed by atoms with Crippen molar-refractivity contribution in [2.75, 3.05) is 7.05 Å². The van der Waals surface area contributed by atoms with Crippen molar-refractivity contribution in [2.24, 2.45) is 5.92 Å². The molecule has 0 bridgehead atoms. The number of rotatable bonds is 5. The molecule has 0 radical (unpaired) electrons. The fourth-order valence-corrected chi connectivity index (χ4v) is 1.78. The van der Waals surface area contributed by atoms with Gasteiger partial charge in [0.25, 0.3) is 0 Å². The molecule has 0 amide bonds. The number of nitrogens with one attached hydrogen (secondary N) is 1. The lowest BCUT2D eigenvalue weighted by atomic mass is 10.0. The van der Waals surface area contributed by atoms with Gasteiger partial charge in [0.1, 0.15) is 0 Å². The van der Waals surface area contributed by atoms with E-state index in [-0.39, 0.29) is 6.04 Å². The van der Waals surface area contributed by atoms with Crippen LogP contribution in [-0.2, 0) is 0 Å². The van der Waals surface area contributed by atoms with E-state index in [1.54, 1.807) is 0 Å². The van der Waals surface area contributed by atoms with E-state index in [1.807, 2.05) is 11.7 Å².